The molecule has 0 unspecified atom stereocenters. The number of rotatable bonds is 7. The van der Waals surface area contributed by atoms with Crippen LogP contribution in [0.15, 0.2) is 42.4 Å². The van der Waals surface area contributed by atoms with Crippen molar-refractivity contribution in [2.45, 2.75) is 65.2 Å². The highest BCUT2D eigenvalue weighted by Crippen LogP contribution is 2.53. The molecule has 1 aromatic carbocycles. The maximum absolute atomic E-state index is 13.9. The molecule has 1 fully saturated rings. The van der Waals surface area contributed by atoms with E-state index in [1.54, 1.807) is 12.1 Å². The van der Waals surface area contributed by atoms with Gasteiger partial charge in [-0.2, -0.15) is 23.7 Å². The van der Waals surface area contributed by atoms with Crippen LogP contribution in [-0.4, -0.2) is 33.2 Å². The minimum atomic E-state index is -4.40. The lowest BCUT2D eigenvalue weighted by atomic mass is 9.96. The summed E-state index contributed by atoms with van der Waals surface area (Å²) in [6, 6.07) is 10.9. The van der Waals surface area contributed by atoms with Crippen LogP contribution < -0.4 is 21.6 Å². The summed E-state index contributed by atoms with van der Waals surface area (Å²) in [6.45, 7) is 10.5. The van der Waals surface area contributed by atoms with Gasteiger partial charge in [-0.1, -0.05) is 26.8 Å². The van der Waals surface area contributed by atoms with Crippen molar-refractivity contribution in [3.63, 3.8) is 0 Å². The van der Waals surface area contributed by atoms with E-state index in [9.17, 15) is 23.7 Å². The molecule has 1 aliphatic carbocycles. The molecule has 0 saturated heterocycles. The highest BCUT2D eigenvalue weighted by Gasteiger charge is 2.67. The van der Waals surface area contributed by atoms with Gasteiger partial charge >= 0.3 is 6.18 Å². The first-order valence-corrected chi connectivity index (χ1v) is 13.6. The molecule has 5 rings (SSSR count). The molecule has 1 aliphatic heterocycles. The van der Waals surface area contributed by atoms with Crippen LogP contribution >= 0.6 is 0 Å². The molecule has 12 heteroatoms. The van der Waals surface area contributed by atoms with Crippen LogP contribution in [0.2, 0.25) is 0 Å². The van der Waals surface area contributed by atoms with E-state index in [1.165, 1.54) is 12.4 Å². The Labute approximate surface area is 242 Å². The van der Waals surface area contributed by atoms with E-state index in [2.05, 4.69) is 64.5 Å². The van der Waals surface area contributed by atoms with E-state index in [4.69, 9.17) is 0 Å². The molecule has 2 aliphatic rings. The van der Waals surface area contributed by atoms with Gasteiger partial charge in [-0.15, -0.1) is 5.53 Å². The van der Waals surface area contributed by atoms with Crippen molar-refractivity contribution in [2.24, 2.45) is 5.41 Å². The highest BCUT2D eigenvalue weighted by atomic mass is 19.4. The normalized spacial score (nSPS) is 16.7. The number of hydrazine groups is 2. The van der Waals surface area contributed by atoms with Crippen molar-refractivity contribution in [3.8, 4) is 12.1 Å². The van der Waals surface area contributed by atoms with Crippen LogP contribution in [0, 0.1) is 41.9 Å². The lowest BCUT2D eigenvalue weighted by Gasteiger charge is -2.28. The van der Waals surface area contributed by atoms with Gasteiger partial charge in [0.1, 0.15) is 12.1 Å². The summed E-state index contributed by atoms with van der Waals surface area (Å²) in [5, 5.41) is 28.3. The quantitative estimate of drug-likeness (QED) is 0.274. The van der Waals surface area contributed by atoms with E-state index in [1.807, 2.05) is 26.0 Å². The fourth-order valence-corrected chi connectivity index (χ4v) is 5.08. The topological polar surface area (TPSA) is 125 Å². The zero-order chi connectivity index (χ0) is 30.4. The first kappa shape index (κ1) is 29.0. The van der Waals surface area contributed by atoms with Gasteiger partial charge in [0.05, 0.1) is 34.1 Å². The molecule has 3 aromatic rings. The number of hydrogen-bond donors (Lipinski definition) is 4. The Morgan fingerprint density at radius 3 is 2.40 bits per heavy atom. The fraction of sp³-hybridized carbons (Fsp3) is 0.400. The average Bonchev–Trinajstić information content (AvgIpc) is 3.61. The summed E-state index contributed by atoms with van der Waals surface area (Å²) in [4.78, 5) is 8.98. The van der Waals surface area contributed by atoms with Crippen molar-refractivity contribution in [3.05, 3.63) is 70.4 Å². The second-order valence-electron chi connectivity index (χ2n) is 12.0. The molecule has 4 N–H and O–H groups in total. The number of nitrogens with zero attached hydrogens (tertiary/aromatic N) is 5. The number of nitrogens with one attached hydrogen (secondary N) is 4. The minimum Gasteiger partial charge on any atom is -0.383 e. The average molecular weight is 576 g/mol. The number of benzene rings is 1. The van der Waals surface area contributed by atoms with Crippen LogP contribution in [0.5, 0.6) is 0 Å². The van der Waals surface area contributed by atoms with Crippen molar-refractivity contribution in [1.82, 2.24) is 25.9 Å². The van der Waals surface area contributed by atoms with Gasteiger partial charge < -0.3 is 16.1 Å². The van der Waals surface area contributed by atoms with Crippen molar-refractivity contribution in [1.29, 1.82) is 10.5 Å². The first-order chi connectivity index (χ1) is 19.8. The highest BCUT2D eigenvalue weighted by molar-refractivity contribution is 5.99. The maximum Gasteiger partial charge on any atom is 0.413 e. The molecule has 0 radical (unpaired) electrons. The van der Waals surface area contributed by atoms with E-state index in [-0.39, 0.29) is 23.8 Å². The summed E-state index contributed by atoms with van der Waals surface area (Å²) in [6.07, 6.45) is -1.53. The summed E-state index contributed by atoms with van der Waals surface area (Å²) in [7, 11) is 0. The standard InChI is InChI=1S/C30H32F3N9/c1-17-6-7-22(18(2)38-17)27(24-15-42(41-40-24)29(8-9-29)30(31,32)33)39-21-10-19(12-34)25-23(11-21)26(20(13-35)14-36-25)37-16-28(3,4)5/h6-7,10-11,14-15,27,39-41H,8-9,16H2,1-5H3,(H,36,37)/t27-/m0/s1. The smallest absolute Gasteiger partial charge is 0.383 e. The van der Waals surface area contributed by atoms with Crippen molar-refractivity contribution >= 4 is 22.3 Å². The van der Waals surface area contributed by atoms with Gasteiger partial charge in [0.25, 0.3) is 0 Å². The molecule has 9 nitrogen and oxygen atoms in total. The second kappa shape index (κ2) is 10.4. The molecule has 1 atom stereocenters. The summed E-state index contributed by atoms with van der Waals surface area (Å²) in [5.74, 6) is 0. The molecule has 2 aromatic heterocycles. The molecular weight excluding hydrogens is 543 g/mol. The lowest BCUT2D eigenvalue weighted by Crippen LogP contribution is -2.52. The van der Waals surface area contributed by atoms with Gasteiger partial charge in [-0.05, 0) is 50.3 Å². The Bertz CT molecular complexity index is 1650. The lowest BCUT2D eigenvalue weighted by molar-refractivity contribution is -0.195. The molecule has 0 spiro atoms. The molecule has 42 heavy (non-hydrogen) atoms. The zero-order valence-corrected chi connectivity index (χ0v) is 24.0. The SMILES string of the molecule is Cc1ccc([C@H](Nc2cc(C#N)c3ncc(C#N)c(NCC(C)(C)C)c3c2)C2=CN(C3(C(F)(F)F)CC3)NN2)c(C)n1. The summed E-state index contributed by atoms with van der Waals surface area (Å²) >= 11 is 0. The molecule has 0 bridgehead atoms. The van der Waals surface area contributed by atoms with Gasteiger partial charge in [0, 0.05) is 47.0 Å². The van der Waals surface area contributed by atoms with Crippen LogP contribution in [0.25, 0.3) is 10.9 Å². The third kappa shape index (κ3) is 5.38. The number of aryl methyl sites for hydroxylation is 2. The minimum absolute atomic E-state index is 0.00700. The van der Waals surface area contributed by atoms with Gasteiger partial charge in [0.2, 0.25) is 0 Å². The molecular formula is C30H32F3N9. The largest absolute Gasteiger partial charge is 0.413 e. The number of alkyl halides is 3. The van der Waals surface area contributed by atoms with Gasteiger partial charge in [0.15, 0.2) is 5.54 Å². The van der Waals surface area contributed by atoms with E-state index in [0.717, 1.165) is 16.3 Å². The second-order valence-corrected chi connectivity index (χ2v) is 12.0. The van der Waals surface area contributed by atoms with Gasteiger partial charge in [-0.3, -0.25) is 15.0 Å². The van der Waals surface area contributed by atoms with Crippen LogP contribution in [0.3, 0.4) is 0 Å². The van der Waals surface area contributed by atoms with Crippen LogP contribution in [-0.2, 0) is 0 Å². The van der Waals surface area contributed by atoms with E-state index < -0.39 is 17.8 Å². The Kier molecular flexibility index (Phi) is 7.15. The maximum atomic E-state index is 13.9. The van der Waals surface area contributed by atoms with E-state index in [0.29, 0.717) is 45.8 Å². The number of halogens is 3. The predicted molar refractivity (Wildman–Crippen MR) is 153 cm³/mol. The third-order valence-electron chi connectivity index (χ3n) is 7.51. The Morgan fingerprint density at radius 2 is 1.81 bits per heavy atom. The first-order valence-electron chi connectivity index (χ1n) is 13.6. The number of pyridine rings is 2. The monoisotopic (exact) mass is 575 g/mol. The summed E-state index contributed by atoms with van der Waals surface area (Å²) < 4.78 is 41.7. The van der Waals surface area contributed by atoms with Crippen molar-refractivity contribution in [2.75, 3.05) is 17.2 Å². The number of hydrogen-bond acceptors (Lipinski definition) is 9. The predicted octanol–water partition coefficient (Wildman–Crippen LogP) is 5.86. The third-order valence-corrected chi connectivity index (χ3v) is 7.51. The number of fused-ring (bicyclic) bond motifs is 1. The molecule has 218 valence electrons. The van der Waals surface area contributed by atoms with Crippen LogP contribution in [0.4, 0.5) is 24.5 Å². The van der Waals surface area contributed by atoms with E-state index >= 15 is 0 Å². The van der Waals surface area contributed by atoms with Crippen molar-refractivity contribution < 1.29 is 13.2 Å². The number of aromatic nitrogens is 2. The van der Waals surface area contributed by atoms with Crippen LogP contribution in [0.1, 0.15) is 67.7 Å². The Morgan fingerprint density at radius 1 is 1.10 bits per heavy atom. The fourth-order valence-electron chi connectivity index (χ4n) is 5.08. The molecule has 0 amide bonds. The number of nitriles is 2. The summed E-state index contributed by atoms with van der Waals surface area (Å²) in [5.41, 5.74) is 8.43. The Balaban J connectivity index is 1.61. The Hall–Kier alpha value is -4.55. The number of anilines is 2. The zero-order valence-electron chi connectivity index (χ0n) is 24.0. The molecule has 3 heterocycles. The van der Waals surface area contributed by atoms with Gasteiger partial charge in [-0.25, -0.2) is 0 Å². The molecule has 1 saturated carbocycles.